The van der Waals surface area contributed by atoms with Crippen molar-refractivity contribution in [1.29, 1.82) is 0 Å². The molecule has 0 fully saturated rings. The van der Waals surface area contributed by atoms with E-state index in [1.165, 1.54) is 31.7 Å². The Morgan fingerprint density at radius 3 is 2.48 bits per heavy atom. The van der Waals surface area contributed by atoms with Crippen molar-refractivity contribution in [1.82, 2.24) is 4.72 Å². The predicted molar refractivity (Wildman–Crippen MR) is 104 cm³/mol. The number of hydrogen-bond acceptors (Lipinski definition) is 4. The molecule has 0 aromatic heterocycles. The summed E-state index contributed by atoms with van der Waals surface area (Å²) in [6, 6.07) is 11.0. The topological polar surface area (TPSA) is 84.5 Å². The van der Waals surface area contributed by atoms with Crippen LogP contribution in [0.15, 0.2) is 47.4 Å². The number of carbonyl (C=O) groups excluding carboxylic acids is 1. The molecule has 2 aromatic rings. The van der Waals surface area contributed by atoms with Crippen LogP contribution in [-0.4, -0.2) is 27.5 Å². The Balaban J connectivity index is 1.70. The summed E-state index contributed by atoms with van der Waals surface area (Å²) in [6.45, 7) is 1.53. The van der Waals surface area contributed by atoms with Gasteiger partial charge in [0.15, 0.2) is 0 Å². The van der Waals surface area contributed by atoms with Gasteiger partial charge in [-0.2, -0.15) is 4.72 Å². The summed E-state index contributed by atoms with van der Waals surface area (Å²) in [5.41, 5.74) is 3.18. The molecule has 1 atom stereocenters. The van der Waals surface area contributed by atoms with Gasteiger partial charge in [0.25, 0.3) is 0 Å². The highest BCUT2D eigenvalue weighted by molar-refractivity contribution is 7.89. The molecule has 0 saturated heterocycles. The van der Waals surface area contributed by atoms with E-state index in [1.807, 2.05) is 12.1 Å². The van der Waals surface area contributed by atoms with E-state index in [0.717, 1.165) is 36.9 Å². The van der Waals surface area contributed by atoms with Crippen LogP contribution in [0.25, 0.3) is 0 Å². The number of hydrogen-bond donors (Lipinski definition) is 2. The summed E-state index contributed by atoms with van der Waals surface area (Å²) >= 11 is 0. The van der Waals surface area contributed by atoms with E-state index in [9.17, 15) is 13.2 Å². The molecule has 0 aliphatic heterocycles. The van der Waals surface area contributed by atoms with E-state index in [0.29, 0.717) is 5.75 Å². The van der Waals surface area contributed by atoms with Crippen LogP contribution < -0.4 is 14.8 Å². The molecule has 0 radical (unpaired) electrons. The molecule has 1 aliphatic rings. The molecular formula is C20H24N2O4S. The first-order valence-electron chi connectivity index (χ1n) is 8.99. The molecule has 144 valence electrons. The largest absolute Gasteiger partial charge is 0.497 e. The summed E-state index contributed by atoms with van der Waals surface area (Å²) in [6.07, 6.45) is 4.19. The van der Waals surface area contributed by atoms with Crippen molar-refractivity contribution >= 4 is 21.6 Å². The number of methoxy groups -OCH3 is 1. The first-order chi connectivity index (χ1) is 12.9. The zero-order valence-electron chi connectivity index (χ0n) is 15.5. The molecule has 0 unspecified atom stereocenters. The van der Waals surface area contributed by atoms with Crippen molar-refractivity contribution in [2.24, 2.45) is 0 Å². The van der Waals surface area contributed by atoms with Gasteiger partial charge in [0.2, 0.25) is 15.9 Å². The van der Waals surface area contributed by atoms with Crippen LogP contribution in [0.1, 0.15) is 30.9 Å². The number of rotatable bonds is 6. The van der Waals surface area contributed by atoms with Crippen molar-refractivity contribution in [3.05, 3.63) is 53.6 Å². The van der Waals surface area contributed by atoms with Crippen LogP contribution in [0.2, 0.25) is 0 Å². The average molecular weight is 388 g/mol. The highest BCUT2D eigenvalue weighted by Crippen LogP contribution is 2.28. The van der Waals surface area contributed by atoms with E-state index >= 15 is 0 Å². The summed E-state index contributed by atoms with van der Waals surface area (Å²) in [7, 11) is -2.30. The number of fused-ring (bicyclic) bond motifs is 1. The van der Waals surface area contributed by atoms with Gasteiger partial charge in [-0.25, -0.2) is 8.42 Å². The third-order valence-corrected chi connectivity index (χ3v) is 6.31. The standard InChI is InChI=1S/C20H24N2O4S/c1-14(22-27(24,25)17-12-10-16(26-2)11-13-17)20(23)21-19-9-5-7-15-6-3-4-8-18(15)19/h5,7,9-14,22H,3-4,6,8H2,1-2H3,(H,21,23)/t14-/m0/s1. The highest BCUT2D eigenvalue weighted by atomic mass is 32.2. The van der Waals surface area contributed by atoms with Crippen molar-refractivity contribution in [2.45, 2.75) is 43.5 Å². The Labute approximate surface area is 160 Å². The Morgan fingerprint density at radius 2 is 1.78 bits per heavy atom. The molecule has 3 rings (SSSR count). The van der Waals surface area contributed by atoms with Gasteiger partial charge in [-0.15, -0.1) is 0 Å². The molecule has 6 nitrogen and oxygen atoms in total. The molecule has 7 heteroatoms. The van der Waals surface area contributed by atoms with Gasteiger partial charge >= 0.3 is 0 Å². The van der Waals surface area contributed by atoms with Crippen molar-refractivity contribution in [2.75, 3.05) is 12.4 Å². The van der Waals surface area contributed by atoms with Crippen molar-refractivity contribution in [3.63, 3.8) is 0 Å². The second-order valence-electron chi connectivity index (χ2n) is 6.66. The quantitative estimate of drug-likeness (QED) is 0.797. The van der Waals surface area contributed by atoms with Gasteiger partial charge in [-0.3, -0.25) is 4.79 Å². The number of sulfonamides is 1. The summed E-state index contributed by atoms with van der Waals surface area (Å²) in [4.78, 5) is 12.6. The maximum absolute atomic E-state index is 12.5. The first kappa shape index (κ1) is 19.4. The smallest absolute Gasteiger partial charge is 0.242 e. The van der Waals surface area contributed by atoms with E-state index < -0.39 is 16.1 Å². The van der Waals surface area contributed by atoms with Crippen LogP contribution in [0.4, 0.5) is 5.69 Å². The van der Waals surface area contributed by atoms with Gasteiger partial charge in [-0.1, -0.05) is 12.1 Å². The molecule has 1 aliphatic carbocycles. The molecule has 0 saturated carbocycles. The highest BCUT2D eigenvalue weighted by Gasteiger charge is 2.23. The van der Waals surface area contributed by atoms with E-state index in [-0.39, 0.29) is 10.8 Å². The molecule has 1 amide bonds. The molecule has 0 bridgehead atoms. The lowest BCUT2D eigenvalue weighted by Crippen LogP contribution is -2.41. The van der Waals surface area contributed by atoms with Gasteiger partial charge in [-0.05, 0) is 74.1 Å². The number of carbonyl (C=O) groups is 1. The SMILES string of the molecule is COc1ccc(S(=O)(=O)N[C@@H](C)C(=O)Nc2cccc3c2CCCC3)cc1. The molecule has 27 heavy (non-hydrogen) atoms. The fraction of sp³-hybridized carbons (Fsp3) is 0.350. The minimum Gasteiger partial charge on any atom is -0.497 e. The minimum atomic E-state index is -3.81. The lowest BCUT2D eigenvalue weighted by atomic mass is 9.90. The average Bonchev–Trinajstić information content (AvgIpc) is 2.68. The maximum atomic E-state index is 12.5. The van der Waals surface area contributed by atoms with E-state index in [2.05, 4.69) is 16.1 Å². The fourth-order valence-electron chi connectivity index (χ4n) is 3.25. The number of amides is 1. The van der Waals surface area contributed by atoms with Crippen molar-refractivity contribution < 1.29 is 17.9 Å². The number of benzene rings is 2. The summed E-state index contributed by atoms with van der Waals surface area (Å²) in [5, 5.41) is 2.88. The zero-order valence-corrected chi connectivity index (χ0v) is 16.3. The number of nitrogens with one attached hydrogen (secondary N) is 2. The Hall–Kier alpha value is -2.38. The predicted octanol–water partition coefficient (Wildman–Crippen LogP) is 2.88. The number of anilines is 1. The first-order valence-corrected chi connectivity index (χ1v) is 10.5. The summed E-state index contributed by atoms with van der Waals surface area (Å²) < 4.78 is 32.5. The molecule has 2 N–H and O–H groups in total. The monoisotopic (exact) mass is 388 g/mol. The third kappa shape index (κ3) is 4.48. The fourth-order valence-corrected chi connectivity index (χ4v) is 4.45. The van der Waals surface area contributed by atoms with Crippen LogP contribution in [0, 0.1) is 0 Å². The van der Waals surface area contributed by atoms with E-state index in [4.69, 9.17) is 4.74 Å². The van der Waals surface area contributed by atoms with Crippen LogP contribution in [0.5, 0.6) is 5.75 Å². The summed E-state index contributed by atoms with van der Waals surface area (Å²) in [5.74, 6) is 0.180. The van der Waals surface area contributed by atoms with Gasteiger partial charge in [0.05, 0.1) is 18.0 Å². The molecule has 0 heterocycles. The molecular weight excluding hydrogens is 364 g/mol. The van der Waals surface area contributed by atoms with Gasteiger partial charge in [0, 0.05) is 5.69 Å². The van der Waals surface area contributed by atoms with Crippen LogP contribution in [-0.2, 0) is 27.7 Å². The van der Waals surface area contributed by atoms with Gasteiger partial charge < -0.3 is 10.1 Å². The Morgan fingerprint density at radius 1 is 1.07 bits per heavy atom. The molecule has 0 spiro atoms. The van der Waals surface area contributed by atoms with Crippen LogP contribution >= 0.6 is 0 Å². The maximum Gasteiger partial charge on any atom is 0.242 e. The minimum absolute atomic E-state index is 0.0834. The van der Waals surface area contributed by atoms with Crippen molar-refractivity contribution in [3.8, 4) is 5.75 Å². The lowest BCUT2D eigenvalue weighted by Gasteiger charge is -2.21. The number of aryl methyl sites for hydroxylation is 1. The number of ether oxygens (including phenoxy) is 1. The second kappa shape index (κ2) is 8.10. The Kier molecular flexibility index (Phi) is 5.82. The lowest BCUT2D eigenvalue weighted by molar-refractivity contribution is -0.117. The third-order valence-electron chi connectivity index (χ3n) is 4.75. The Bertz CT molecular complexity index is 923. The second-order valence-corrected chi connectivity index (χ2v) is 8.37. The zero-order chi connectivity index (χ0) is 19.4. The van der Waals surface area contributed by atoms with Crippen LogP contribution in [0.3, 0.4) is 0 Å². The molecule has 2 aromatic carbocycles. The normalized spacial score (nSPS) is 14.9. The van der Waals surface area contributed by atoms with E-state index in [1.54, 1.807) is 12.1 Å². The van der Waals surface area contributed by atoms with Gasteiger partial charge in [0.1, 0.15) is 5.75 Å².